The molecule has 3 aromatic heterocycles. The second kappa shape index (κ2) is 16.6. The molecule has 0 amide bonds. The number of rotatable bonds is 7. The Morgan fingerprint density at radius 3 is 2.18 bits per heavy atom. The Kier molecular flexibility index (Phi) is 9.61. The zero-order chi connectivity index (χ0) is 47.0. The zero-order valence-electron chi connectivity index (χ0n) is 38.8. The normalized spacial score (nSPS) is 18.0. The van der Waals surface area contributed by atoms with Crippen LogP contribution in [0.4, 0.5) is 0 Å². The summed E-state index contributed by atoms with van der Waals surface area (Å²) in [5.41, 5.74) is 15.8. The van der Waals surface area contributed by atoms with Gasteiger partial charge in [-0.1, -0.05) is 164 Å². The zero-order valence-corrected chi connectivity index (χ0v) is 38.8. The molecular weight excluding hydrogens is 869 g/mol. The third-order valence-electron chi connectivity index (χ3n) is 15.0. The van der Waals surface area contributed by atoms with E-state index in [1.165, 1.54) is 22.3 Å². The van der Waals surface area contributed by atoms with Gasteiger partial charge in [0.1, 0.15) is 5.58 Å². The van der Waals surface area contributed by atoms with Crippen LogP contribution in [-0.4, -0.2) is 15.0 Å². The minimum Gasteiger partial charge on any atom is -0.454 e. The highest BCUT2D eigenvalue weighted by atomic mass is 16.3. The molecule has 4 heterocycles. The Bertz CT molecular complexity index is 4170. The van der Waals surface area contributed by atoms with E-state index >= 15 is 0 Å². The summed E-state index contributed by atoms with van der Waals surface area (Å²) in [4.78, 5) is 3.99. The highest BCUT2D eigenvalue weighted by Gasteiger charge is 2.38. The summed E-state index contributed by atoms with van der Waals surface area (Å²) in [5.74, 6) is 1.13. The van der Waals surface area contributed by atoms with Crippen LogP contribution in [0.1, 0.15) is 48.3 Å². The molecule has 3 N–H and O–H groups in total. The molecule has 2 aliphatic carbocycles. The average Bonchev–Trinajstić information content (AvgIpc) is 4.11. The van der Waals surface area contributed by atoms with E-state index < -0.39 is 6.17 Å². The summed E-state index contributed by atoms with van der Waals surface area (Å²) in [7, 11) is 0. The van der Waals surface area contributed by atoms with Crippen molar-refractivity contribution in [1.82, 2.24) is 19.8 Å². The molecule has 338 valence electrons. The molecular formula is C64H47N6O+. The molecule has 3 atom stereocenters. The van der Waals surface area contributed by atoms with Gasteiger partial charge in [-0.3, -0.25) is 10.3 Å². The lowest BCUT2D eigenvalue weighted by Gasteiger charge is -2.32. The standard InChI is InChI=1S/C64H46N6O/c65-39-40-30-36-55(52(38-40)64-67-62(44-33-31-42(32-34-44)41-16-3-1-4-17-41)66-63(68-64)50-23-8-7-20-45(50)43-18-5-2-6-19-43)70-53-26-12-9-21-46(53)48-35-37-56-59(60(48)70)51-24-10-13-27-54(51)69(56)57-28-15-25-49-47-22-11-14-29-58(47)71-61(49)57/h1-5,7-18,20-22,24-38,50,62,64,67H,6,19,23H2,(H,66,68)/p+1. The van der Waals surface area contributed by atoms with E-state index in [1.54, 1.807) is 0 Å². The van der Waals surface area contributed by atoms with E-state index in [-0.39, 0.29) is 12.1 Å². The maximum Gasteiger partial charge on any atom is 0.253 e. The van der Waals surface area contributed by atoms with Crippen molar-refractivity contribution >= 4 is 71.4 Å². The van der Waals surface area contributed by atoms with Crippen molar-refractivity contribution in [3.63, 3.8) is 0 Å². The Morgan fingerprint density at radius 1 is 0.606 bits per heavy atom. The number of nitrogens with one attached hydrogen (secondary N) is 3. The molecule has 0 bridgehead atoms. The Labute approximate surface area is 410 Å². The smallest absolute Gasteiger partial charge is 0.253 e. The first kappa shape index (κ1) is 41.1. The molecule has 8 aromatic carbocycles. The van der Waals surface area contributed by atoms with Crippen LogP contribution in [0.15, 0.2) is 228 Å². The predicted octanol–water partition coefficient (Wildman–Crippen LogP) is 13.5. The maximum absolute atomic E-state index is 10.6. The molecule has 7 heteroatoms. The van der Waals surface area contributed by atoms with Gasteiger partial charge in [-0.25, -0.2) is 5.32 Å². The first-order chi connectivity index (χ1) is 35.2. The highest BCUT2D eigenvalue weighted by Crippen LogP contribution is 2.45. The maximum atomic E-state index is 10.6. The van der Waals surface area contributed by atoms with Gasteiger partial charge in [-0.15, -0.1) is 0 Å². The molecule has 0 radical (unpaired) electrons. The second-order valence-electron chi connectivity index (χ2n) is 18.9. The van der Waals surface area contributed by atoms with E-state index in [0.29, 0.717) is 5.56 Å². The largest absolute Gasteiger partial charge is 0.454 e. The second-order valence-corrected chi connectivity index (χ2v) is 18.9. The fourth-order valence-electron chi connectivity index (χ4n) is 11.7. The fourth-order valence-corrected chi connectivity index (χ4v) is 11.7. The molecule has 0 fully saturated rings. The number of para-hydroxylation sites is 4. The van der Waals surface area contributed by atoms with Gasteiger partial charge in [-0.2, -0.15) is 5.26 Å². The number of hydrogen-bond donors (Lipinski definition) is 3. The predicted molar refractivity (Wildman–Crippen MR) is 289 cm³/mol. The van der Waals surface area contributed by atoms with Crippen LogP contribution in [0.5, 0.6) is 0 Å². The van der Waals surface area contributed by atoms with Crippen LogP contribution < -0.4 is 15.6 Å². The summed E-state index contributed by atoms with van der Waals surface area (Å²) in [5, 5.41) is 25.5. The monoisotopic (exact) mass is 915 g/mol. The Balaban J connectivity index is 0.988. The van der Waals surface area contributed by atoms with Crippen molar-refractivity contribution in [1.29, 1.82) is 5.26 Å². The van der Waals surface area contributed by atoms with E-state index in [9.17, 15) is 5.26 Å². The number of nitrogens with zero attached hydrogens (tertiary/aromatic N) is 3. The minimum atomic E-state index is -0.400. The molecule has 1 aliphatic heterocycles. The summed E-state index contributed by atoms with van der Waals surface area (Å²) in [6.07, 6.45) is 15.8. The third-order valence-corrected chi connectivity index (χ3v) is 15.0. The molecule has 3 unspecified atom stereocenters. The molecule has 71 heavy (non-hydrogen) atoms. The molecule has 7 nitrogen and oxygen atoms in total. The Morgan fingerprint density at radius 2 is 1.35 bits per heavy atom. The molecule has 0 saturated carbocycles. The first-order valence-corrected chi connectivity index (χ1v) is 24.6. The van der Waals surface area contributed by atoms with Crippen LogP contribution in [0, 0.1) is 17.2 Å². The number of allylic oxidation sites excluding steroid dienone is 7. The average molecular weight is 916 g/mol. The van der Waals surface area contributed by atoms with Gasteiger partial charge < -0.3 is 13.6 Å². The van der Waals surface area contributed by atoms with Crippen LogP contribution in [0.2, 0.25) is 0 Å². The summed E-state index contributed by atoms with van der Waals surface area (Å²) < 4.78 is 11.5. The van der Waals surface area contributed by atoms with Gasteiger partial charge in [0.2, 0.25) is 0 Å². The number of furan rings is 1. The molecule has 11 aromatic rings. The van der Waals surface area contributed by atoms with Crippen molar-refractivity contribution in [2.24, 2.45) is 5.92 Å². The number of hydrogen-bond acceptors (Lipinski definition) is 4. The number of aromatic nitrogens is 2. The third kappa shape index (κ3) is 6.64. The van der Waals surface area contributed by atoms with Crippen molar-refractivity contribution in [2.75, 3.05) is 0 Å². The highest BCUT2D eigenvalue weighted by molar-refractivity contribution is 6.26. The van der Waals surface area contributed by atoms with Gasteiger partial charge >= 0.3 is 0 Å². The lowest BCUT2D eigenvalue weighted by molar-refractivity contribution is -0.530. The van der Waals surface area contributed by atoms with E-state index in [4.69, 9.17) is 4.42 Å². The Hall–Kier alpha value is -8.96. The van der Waals surface area contributed by atoms with Crippen molar-refractivity contribution in [2.45, 2.75) is 31.6 Å². The van der Waals surface area contributed by atoms with Crippen LogP contribution in [0.3, 0.4) is 0 Å². The van der Waals surface area contributed by atoms with Crippen LogP contribution >= 0.6 is 0 Å². The van der Waals surface area contributed by atoms with Crippen molar-refractivity contribution < 1.29 is 9.41 Å². The number of amidine groups is 1. The number of benzene rings is 8. The summed E-state index contributed by atoms with van der Waals surface area (Å²) >= 11 is 0. The van der Waals surface area contributed by atoms with Crippen molar-refractivity contribution in [3.8, 4) is 28.6 Å². The van der Waals surface area contributed by atoms with Crippen molar-refractivity contribution in [3.05, 3.63) is 240 Å². The van der Waals surface area contributed by atoms with E-state index in [2.05, 4.69) is 225 Å². The van der Waals surface area contributed by atoms with Crippen LogP contribution in [0.25, 0.3) is 88.1 Å². The van der Waals surface area contributed by atoms with Crippen LogP contribution in [-0.2, 0) is 0 Å². The number of nitriles is 1. The van der Waals surface area contributed by atoms with Gasteiger partial charge in [0.05, 0.1) is 51.0 Å². The van der Waals surface area contributed by atoms with Gasteiger partial charge in [-0.05, 0) is 90.1 Å². The molecule has 0 saturated heterocycles. The minimum absolute atomic E-state index is 0.0752. The molecule has 0 spiro atoms. The lowest BCUT2D eigenvalue weighted by Crippen LogP contribution is -2.86. The quantitative estimate of drug-likeness (QED) is 0.149. The first-order valence-electron chi connectivity index (χ1n) is 24.6. The molecule has 14 rings (SSSR count). The van der Waals surface area contributed by atoms with Gasteiger partial charge in [0.15, 0.2) is 17.9 Å². The fraction of sp³-hybridized carbons (Fsp3) is 0.0938. The SMILES string of the molecule is N#Cc1ccc(-n2c3ccccc3c3ccc4c(c5ccccc5n4-c4cccc5c4oc4ccccc45)c32)c(C2NC(C3CC=CC=C3C3=CC=CCC3)=[NH+]C(c3ccc(-c4ccccc4)cc3)N2)c1. The van der Waals surface area contributed by atoms with Gasteiger partial charge in [0, 0.05) is 43.4 Å². The molecule has 3 aliphatic rings. The lowest BCUT2D eigenvalue weighted by atomic mass is 9.82. The van der Waals surface area contributed by atoms with E-state index in [0.717, 1.165) is 113 Å². The summed E-state index contributed by atoms with van der Waals surface area (Å²) in [6, 6.07) is 64.9. The number of fused-ring (bicyclic) bond motifs is 10. The van der Waals surface area contributed by atoms with Gasteiger partial charge in [0.25, 0.3) is 5.84 Å². The topological polar surface area (TPSA) is 84.8 Å². The summed E-state index contributed by atoms with van der Waals surface area (Å²) in [6.45, 7) is 0. The van der Waals surface area contributed by atoms with E-state index in [1.807, 2.05) is 18.2 Å².